The molecule has 0 unspecified atom stereocenters. The Hall–Kier alpha value is -0.290. The Bertz CT molecular complexity index is 111. The molecular weight excluding hydrogens is 95.0 g/mol. The van der Waals surface area contributed by atoms with Crippen molar-refractivity contribution in [2.45, 2.75) is 0 Å². The SMILES string of the molecule is [P]c1ccco1. The van der Waals surface area contributed by atoms with Gasteiger partial charge in [-0.05, 0) is 12.1 Å². The molecule has 0 amide bonds. The van der Waals surface area contributed by atoms with Crippen molar-refractivity contribution in [2.75, 3.05) is 0 Å². The van der Waals surface area contributed by atoms with E-state index in [9.17, 15) is 0 Å². The van der Waals surface area contributed by atoms with Gasteiger partial charge in [-0.3, -0.25) is 0 Å². The van der Waals surface area contributed by atoms with Gasteiger partial charge >= 0.3 is 0 Å². The lowest BCUT2D eigenvalue weighted by atomic mass is 10.7. The summed E-state index contributed by atoms with van der Waals surface area (Å²) < 4.78 is 4.70. The minimum absolute atomic E-state index is 0.662. The van der Waals surface area contributed by atoms with E-state index in [1.54, 1.807) is 18.4 Å². The molecule has 0 atom stereocenters. The fraction of sp³-hybridized carbons (Fsp3) is 0. The maximum Gasteiger partial charge on any atom is 0.135 e. The maximum absolute atomic E-state index is 4.70. The highest BCUT2D eigenvalue weighted by molar-refractivity contribution is 7.26. The van der Waals surface area contributed by atoms with E-state index in [1.807, 2.05) is 0 Å². The number of hydrogen-bond acceptors (Lipinski definition) is 1. The third-order valence-electron chi connectivity index (χ3n) is 0.506. The zero-order valence-corrected chi connectivity index (χ0v) is 3.98. The van der Waals surface area contributed by atoms with Crippen LogP contribution in [0.1, 0.15) is 0 Å². The lowest BCUT2D eigenvalue weighted by Gasteiger charge is -1.67. The highest BCUT2D eigenvalue weighted by Crippen LogP contribution is 1.86. The third kappa shape index (κ3) is 0.605. The molecule has 1 nitrogen and oxygen atoms in total. The predicted molar refractivity (Wildman–Crippen MR) is 25.3 cm³/mol. The third-order valence-corrected chi connectivity index (χ3v) is 0.761. The minimum Gasteiger partial charge on any atom is -0.464 e. The van der Waals surface area contributed by atoms with E-state index in [-0.39, 0.29) is 0 Å². The van der Waals surface area contributed by atoms with Crippen molar-refractivity contribution in [2.24, 2.45) is 0 Å². The van der Waals surface area contributed by atoms with Gasteiger partial charge in [0.1, 0.15) is 5.50 Å². The van der Waals surface area contributed by atoms with Crippen molar-refractivity contribution >= 4 is 14.7 Å². The summed E-state index contributed by atoms with van der Waals surface area (Å²) in [6.07, 6.45) is 1.59. The van der Waals surface area contributed by atoms with Gasteiger partial charge in [0.25, 0.3) is 0 Å². The number of hydrogen-bond donors (Lipinski definition) is 0. The van der Waals surface area contributed by atoms with Crippen molar-refractivity contribution in [1.82, 2.24) is 0 Å². The summed E-state index contributed by atoms with van der Waals surface area (Å²) >= 11 is 0. The van der Waals surface area contributed by atoms with Gasteiger partial charge in [0.15, 0.2) is 0 Å². The first-order chi connectivity index (χ1) is 2.89. The summed E-state index contributed by atoms with van der Waals surface area (Å²) in [4.78, 5) is 0. The minimum atomic E-state index is 0.662. The first kappa shape index (κ1) is 3.89. The molecule has 30 valence electrons. The van der Waals surface area contributed by atoms with Gasteiger partial charge in [0.05, 0.1) is 6.26 Å². The molecule has 1 aromatic heterocycles. The van der Waals surface area contributed by atoms with Crippen molar-refractivity contribution in [3.8, 4) is 0 Å². The highest BCUT2D eigenvalue weighted by Gasteiger charge is 1.77. The normalized spacial score (nSPS) is 8.83. The Balaban J connectivity index is 3.05. The zero-order valence-electron chi connectivity index (χ0n) is 3.09. The first-order valence-electron chi connectivity index (χ1n) is 1.62. The van der Waals surface area contributed by atoms with Crippen LogP contribution >= 0.6 is 9.24 Å². The topological polar surface area (TPSA) is 13.1 Å². The van der Waals surface area contributed by atoms with E-state index >= 15 is 0 Å². The monoisotopic (exact) mass is 98.0 g/mol. The molecule has 2 radical (unpaired) electrons. The van der Waals surface area contributed by atoms with E-state index in [4.69, 9.17) is 4.42 Å². The van der Waals surface area contributed by atoms with Crippen LogP contribution in [0.15, 0.2) is 22.8 Å². The molecule has 0 bridgehead atoms. The van der Waals surface area contributed by atoms with Crippen molar-refractivity contribution in [3.63, 3.8) is 0 Å². The fourth-order valence-electron chi connectivity index (χ4n) is 0.270. The van der Waals surface area contributed by atoms with Crippen LogP contribution in [-0.4, -0.2) is 0 Å². The predicted octanol–water partition coefficient (Wildman–Crippen LogP) is 1.32. The van der Waals surface area contributed by atoms with Gasteiger partial charge < -0.3 is 4.42 Å². The van der Waals surface area contributed by atoms with Crippen LogP contribution in [0.5, 0.6) is 0 Å². The Kier molecular flexibility index (Phi) is 0.932. The van der Waals surface area contributed by atoms with Crippen LogP contribution < -0.4 is 5.50 Å². The second-order valence-corrected chi connectivity index (χ2v) is 1.39. The fourth-order valence-corrected chi connectivity index (χ4v) is 0.417. The molecule has 0 aliphatic heterocycles. The second kappa shape index (κ2) is 1.44. The molecule has 1 heterocycles. The molecule has 0 saturated heterocycles. The van der Waals surface area contributed by atoms with Crippen LogP contribution in [0.4, 0.5) is 0 Å². The van der Waals surface area contributed by atoms with Crippen LogP contribution in [0.25, 0.3) is 0 Å². The van der Waals surface area contributed by atoms with E-state index < -0.39 is 0 Å². The molecule has 0 aliphatic rings. The van der Waals surface area contributed by atoms with Gasteiger partial charge in [0, 0.05) is 9.24 Å². The van der Waals surface area contributed by atoms with Crippen LogP contribution in [-0.2, 0) is 0 Å². The molecule has 0 aliphatic carbocycles. The molecular formula is C4H3OP. The highest BCUT2D eigenvalue weighted by atomic mass is 31.0. The molecule has 0 aromatic carbocycles. The molecule has 0 spiro atoms. The van der Waals surface area contributed by atoms with E-state index in [1.165, 1.54) is 0 Å². The molecule has 6 heavy (non-hydrogen) atoms. The lowest BCUT2D eigenvalue weighted by Crippen LogP contribution is -1.74. The summed E-state index contributed by atoms with van der Waals surface area (Å²) in [5, 5.41) is 0. The molecule has 0 N–H and O–H groups in total. The zero-order chi connectivity index (χ0) is 4.41. The van der Waals surface area contributed by atoms with Crippen LogP contribution in [0, 0.1) is 0 Å². The van der Waals surface area contributed by atoms with Gasteiger partial charge in [-0.2, -0.15) is 0 Å². The molecule has 0 fully saturated rings. The first-order valence-corrected chi connectivity index (χ1v) is 2.07. The van der Waals surface area contributed by atoms with E-state index in [2.05, 4.69) is 9.24 Å². The average molecular weight is 98.0 g/mol. The van der Waals surface area contributed by atoms with Crippen molar-refractivity contribution in [3.05, 3.63) is 18.4 Å². The molecule has 0 saturated carbocycles. The van der Waals surface area contributed by atoms with Gasteiger partial charge in [-0.25, -0.2) is 0 Å². The van der Waals surface area contributed by atoms with E-state index in [0.717, 1.165) is 0 Å². The average Bonchev–Trinajstić information content (AvgIpc) is 1.86. The summed E-state index contributed by atoms with van der Waals surface area (Å²) in [6, 6.07) is 3.57. The summed E-state index contributed by atoms with van der Waals surface area (Å²) in [5.41, 5.74) is 0.662. The van der Waals surface area contributed by atoms with Gasteiger partial charge in [-0.15, -0.1) is 0 Å². The molecule has 2 heteroatoms. The van der Waals surface area contributed by atoms with Crippen molar-refractivity contribution < 1.29 is 4.42 Å². The number of furan rings is 1. The molecule has 1 rings (SSSR count). The second-order valence-electron chi connectivity index (χ2n) is 0.951. The molecule has 1 aromatic rings. The van der Waals surface area contributed by atoms with Crippen LogP contribution in [0.2, 0.25) is 0 Å². The van der Waals surface area contributed by atoms with Gasteiger partial charge in [-0.1, -0.05) is 0 Å². The quantitative estimate of drug-likeness (QED) is 0.446. The van der Waals surface area contributed by atoms with E-state index in [0.29, 0.717) is 5.50 Å². The maximum atomic E-state index is 4.70. The summed E-state index contributed by atoms with van der Waals surface area (Å²) in [6.45, 7) is 0. The summed E-state index contributed by atoms with van der Waals surface area (Å²) in [7, 11) is 3.87. The smallest absolute Gasteiger partial charge is 0.135 e. The lowest BCUT2D eigenvalue weighted by molar-refractivity contribution is 0.604. The standard InChI is InChI=1S/C4H3OP/c6-4-2-1-3-5-4/h1-3H. The Morgan fingerprint density at radius 3 is 2.67 bits per heavy atom. The van der Waals surface area contributed by atoms with Crippen LogP contribution in [0.3, 0.4) is 0 Å². The summed E-state index contributed by atoms with van der Waals surface area (Å²) in [5.74, 6) is 0. The van der Waals surface area contributed by atoms with Crippen molar-refractivity contribution in [1.29, 1.82) is 0 Å². The number of rotatable bonds is 0. The van der Waals surface area contributed by atoms with Gasteiger partial charge in [0.2, 0.25) is 0 Å². The Morgan fingerprint density at radius 1 is 1.67 bits per heavy atom. The Morgan fingerprint density at radius 2 is 2.50 bits per heavy atom. The largest absolute Gasteiger partial charge is 0.464 e. The Labute approximate surface area is 38.6 Å².